The summed E-state index contributed by atoms with van der Waals surface area (Å²) >= 11 is 0. The average Bonchev–Trinajstić information content (AvgIpc) is 4.13. The molecule has 82 heavy (non-hydrogen) atoms. The number of nitrogens with zero attached hydrogens (tertiary/aromatic N) is 3. The van der Waals surface area contributed by atoms with E-state index in [9.17, 15) is 57.9 Å². The lowest BCUT2D eigenvalue weighted by Crippen LogP contribution is -2.15. The summed E-state index contributed by atoms with van der Waals surface area (Å²) in [4.78, 5) is 0. The second kappa shape index (κ2) is 19.0. The van der Waals surface area contributed by atoms with Gasteiger partial charge < -0.3 is 9.13 Å². The average molecular weight is 1150 g/mol. The van der Waals surface area contributed by atoms with Crippen molar-refractivity contribution in [3.05, 3.63) is 215 Å². The summed E-state index contributed by atoms with van der Waals surface area (Å²) in [5.74, 6) is 0. The summed E-state index contributed by atoms with van der Waals surface area (Å²) in [6, 6.07) is 32.7. The van der Waals surface area contributed by atoms with Gasteiger partial charge in [0.05, 0.1) is 78.5 Å². The number of aromatic nitrogens is 2. The molecule has 0 aliphatic rings. The van der Waals surface area contributed by atoms with E-state index < -0.39 is 98.3 Å². The highest BCUT2D eigenvalue weighted by atomic mass is 19.4. The Labute approximate surface area is 449 Å². The molecule has 21 heteroatoms. The zero-order chi connectivity index (χ0) is 58.8. The molecule has 0 spiro atoms. The largest absolute Gasteiger partial charge is 0.417 e. The maximum absolute atomic E-state index is 15.4. The Hall–Kier alpha value is -9.19. The normalized spacial score (nSPS) is 13.0. The third kappa shape index (κ3) is 9.48. The van der Waals surface area contributed by atoms with Crippen LogP contribution < -0.4 is 0 Å². The first-order chi connectivity index (χ1) is 38.4. The minimum absolute atomic E-state index is 0.0398. The van der Waals surface area contributed by atoms with E-state index in [4.69, 9.17) is 0 Å². The molecule has 2 aromatic heterocycles. The SMILES string of the molecule is N#Cc1cccc(-n2c3ccccc3c3cc(-c4cc(C(F)(F)F)cc(C(F)(F)F)c4)ccc32)c1-c1c(-c2c(C(F)(F)F)cccc2C(F)(F)F)cccc1-n1c2ccccc2c2cc(-c3cc(C(F)(F)F)cc(C(F)(F)F)c3)ccc21. The molecule has 11 rings (SSSR count). The first-order valence-electron chi connectivity index (χ1n) is 24.0. The number of nitriles is 1. The van der Waals surface area contributed by atoms with E-state index in [-0.39, 0.29) is 84.0 Å². The smallest absolute Gasteiger partial charge is 0.309 e. The van der Waals surface area contributed by atoms with E-state index in [1.54, 1.807) is 18.2 Å². The lowest BCUT2D eigenvalue weighted by Gasteiger charge is -2.25. The maximum Gasteiger partial charge on any atom is 0.417 e. The van der Waals surface area contributed by atoms with E-state index in [0.29, 0.717) is 47.9 Å². The van der Waals surface area contributed by atoms with Gasteiger partial charge in [0.25, 0.3) is 0 Å². The van der Waals surface area contributed by atoms with Gasteiger partial charge in [-0.05, 0) is 131 Å². The molecule has 0 radical (unpaired) electrons. The predicted octanol–water partition coefficient (Wildman–Crippen LogP) is 20.5. The van der Waals surface area contributed by atoms with Crippen molar-refractivity contribution in [3.63, 3.8) is 0 Å². The Balaban J connectivity index is 1.26. The molecule has 3 nitrogen and oxygen atoms in total. The zero-order valence-corrected chi connectivity index (χ0v) is 40.9. The van der Waals surface area contributed by atoms with Crippen LogP contribution in [0, 0.1) is 11.3 Å². The van der Waals surface area contributed by atoms with Crippen LogP contribution in [0.4, 0.5) is 79.0 Å². The van der Waals surface area contributed by atoms with E-state index in [1.165, 1.54) is 100 Å². The molecule has 0 aliphatic carbocycles. The van der Waals surface area contributed by atoms with Crippen molar-refractivity contribution in [3.8, 4) is 62.0 Å². The van der Waals surface area contributed by atoms with Crippen LogP contribution in [0.15, 0.2) is 176 Å². The summed E-state index contributed by atoms with van der Waals surface area (Å²) < 4.78 is 265. The van der Waals surface area contributed by atoms with Gasteiger partial charge in [-0.25, -0.2) is 0 Å². The summed E-state index contributed by atoms with van der Waals surface area (Å²) in [5, 5.41) is 12.0. The Bertz CT molecular complexity index is 4340. The molecule has 0 fully saturated rings. The van der Waals surface area contributed by atoms with E-state index in [2.05, 4.69) is 0 Å². The fourth-order valence-corrected chi connectivity index (χ4v) is 10.7. The minimum atomic E-state index is -5.48. The van der Waals surface area contributed by atoms with Gasteiger partial charge in [0.1, 0.15) is 0 Å². The molecule has 0 amide bonds. The third-order valence-corrected chi connectivity index (χ3v) is 14.1. The first kappa shape index (κ1) is 54.8. The molecule has 11 aromatic rings. The Morgan fingerprint density at radius 3 is 1.05 bits per heavy atom. The number of hydrogen-bond donors (Lipinski definition) is 0. The van der Waals surface area contributed by atoms with Gasteiger partial charge in [0, 0.05) is 38.2 Å². The van der Waals surface area contributed by atoms with Gasteiger partial charge >= 0.3 is 37.1 Å². The second-order valence-corrected chi connectivity index (χ2v) is 19.0. The number of hydrogen-bond acceptors (Lipinski definition) is 1. The van der Waals surface area contributed by atoms with Crippen molar-refractivity contribution in [2.75, 3.05) is 0 Å². The van der Waals surface area contributed by atoms with Crippen LogP contribution in [0.25, 0.3) is 99.5 Å². The summed E-state index contributed by atoms with van der Waals surface area (Å²) in [7, 11) is 0. The van der Waals surface area contributed by atoms with Gasteiger partial charge in [-0.15, -0.1) is 0 Å². The van der Waals surface area contributed by atoms with Crippen LogP contribution in [-0.4, -0.2) is 9.13 Å². The number of rotatable bonds is 6. The van der Waals surface area contributed by atoms with E-state index in [0.717, 1.165) is 12.1 Å². The van der Waals surface area contributed by atoms with E-state index in [1.807, 2.05) is 6.07 Å². The highest BCUT2D eigenvalue weighted by molar-refractivity contribution is 6.14. The van der Waals surface area contributed by atoms with Crippen molar-refractivity contribution in [1.82, 2.24) is 9.13 Å². The molecule has 0 N–H and O–H groups in total. The van der Waals surface area contributed by atoms with Crippen molar-refractivity contribution >= 4 is 43.6 Å². The van der Waals surface area contributed by atoms with Crippen LogP contribution in [0.3, 0.4) is 0 Å². The molecular weight excluding hydrogens is 1120 g/mol. The lowest BCUT2D eigenvalue weighted by atomic mass is 9.85. The van der Waals surface area contributed by atoms with Gasteiger partial charge in [-0.2, -0.15) is 84.3 Å². The van der Waals surface area contributed by atoms with Crippen molar-refractivity contribution in [2.45, 2.75) is 37.1 Å². The van der Waals surface area contributed by atoms with Gasteiger partial charge in [0.2, 0.25) is 0 Å². The summed E-state index contributed by atoms with van der Waals surface area (Å²) in [6.45, 7) is 0. The van der Waals surface area contributed by atoms with Gasteiger partial charge in [0.15, 0.2) is 0 Å². The highest BCUT2D eigenvalue weighted by Crippen LogP contribution is 2.52. The van der Waals surface area contributed by atoms with Crippen LogP contribution in [0.2, 0.25) is 0 Å². The van der Waals surface area contributed by atoms with Crippen LogP contribution >= 0.6 is 0 Å². The Morgan fingerprint density at radius 2 is 0.659 bits per heavy atom. The molecule has 0 saturated carbocycles. The quantitative estimate of drug-likeness (QED) is 0.153. The van der Waals surface area contributed by atoms with E-state index >= 15 is 26.3 Å². The van der Waals surface area contributed by atoms with Crippen LogP contribution in [-0.2, 0) is 37.1 Å². The fourth-order valence-electron chi connectivity index (χ4n) is 10.7. The molecular formula is C61H29F18N3. The molecule has 0 unspecified atom stereocenters. The predicted molar refractivity (Wildman–Crippen MR) is 272 cm³/mol. The fraction of sp³-hybridized carbons (Fsp3) is 0.0984. The Morgan fingerprint density at radius 1 is 0.293 bits per heavy atom. The monoisotopic (exact) mass is 1150 g/mol. The molecule has 414 valence electrons. The van der Waals surface area contributed by atoms with Gasteiger partial charge in [-0.3, -0.25) is 0 Å². The maximum atomic E-state index is 15.4. The standard InChI is InChI=1S/C61H29F18N3/c62-56(63,64)36-22-34(23-37(28-36)57(65,66)67)31-18-20-49-43(26-31)40-9-1-3-14-47(40)81(49)51-16-5-8-33(30-80)53(51)55-42(54-45(60(74,75)76)12-7-13-46(54)61(77,78)79)11-6-17-52(55)82-48-15-4-2-10-41(48)44-27-32(19-21-50(44)82)35-24-38(58(68,69)70)29-39(25-35)59(71,72)73/h1-29H. The molecule has 9 aromatic carbocycles. The first-order valence-corrected chi connectivity index (χ1v) is 24.0. The van der Waals surface area contributed by atoms with Crippen LogP contribution in [0.5, 0.6) is 0 Å². The van der Waals surface area contributed by atoms with Crippen molar-refractivity contribution < 1.29 is 79.0 Å². The molecule has 0 atom stereocenters. The third-order valence-electron chi connectivity index (χ3n) is 14.1. The van der Waals surface area contributed by atoms with Crippen LogP contribution in [0.1, 0.15) is 38.9 Å². The zero-order valence-electron chi connectivity index (χ0n) is 40.9. The molecule has 0 aliphatic heterocycles. The lowest BCUT2D eigenvalue weighted by molar-refractivity contribution is -0.144. The van der Waals surface area contributed by atoms with Crippen molar-refractivity contribution in [1.29, 1.82) is 5.26 Å². The summed E-state index contributed by atoms with van der Waals surface area (Å²) in [6.07, 6.45) is -31.9. The topological polar surface area (TPSA) is 33.6 Å². The highest BCUT2D eigenvalue weighted by Gasteiger charge is 2.43. The number of halogens is 18. The second-order valence-electron chi connectivity index (χ2n) is 19.0. The Kier molecular flexibility index (Phi) is 12.7. The molecule has 0 saturated heterocycles. The minimum Gasteiger partial charge on any atom is -0.309 e. The molecule has 0 bridgehead atoms. The van der Waals surface area contributed by atoms with Crippen molar-refractivity contribution in [2.24, 2.45) is 0 Å². The molecule has 2 heterocycles. The number of alkyl halides is 18. The summed E-state index contributed by atoms with van der Waals surface area (Å²) in [5.41, 5.74) is -14.1. The number of benzene rings is 9. The number of para-hydroxylation sites is 2. The number of fused-ring (bicyclic) bond motifs is 6. The van der Waals surface area contributed by atoms with Gasteiger partial charge in [-0.1, -0.05) is 72.8 Å².